The first kappa shape index (κ1) is 23.4. The van der Waals surface area contributed by atoms with E-state index in [-0.39, 0.29) is 12.3 Å². The molecule has 0 radical (unpaired) electrons. The molecule has 0 bridgehead atoms. The van der Waals surface area contributed by atoms with Crippen LogP contribution in [0, 0.1) is 18.3 Å². The Labute approximate surface area is 205 Å². The van der Waals surface area contributed by atoms with Crippen molar-refractivity contribution in [2.45, 2.75) is 18.4 Å². The van der Waals surface area contributed by atoms with E-state index in [9.17, 15) is 10.1 Å². The van der Waals surface area contributed by atoms with Crippen LogP contribution in [-0.4, -0.2) is 34.0 Å². The van der Waals surface area contributed by atoms with E-state index in [0.29, 0.717) is 21.5 Å². The van der Waals surface area contributed by atoms with Crippen molar-refractivity contribution < 1.29 is 9.53 Å². The van der Waals surface area contributed by atoms with Crippen molar-refractivity contribution in [3.05, 3.63) is 71.2 Å². The highest BCUT2D eigenvalue weighted by Crippen LogP contribution is 2.35. The Morgan fingerprint density at radius 3 is 2.53 bits per heavy atom. The summed E-state index contributed by atoms with van der Waals surface area (Å²) in [5.74, 6) is 1.05. The van der Waals surface area contributed by atoms with Gasteiger partial charge in [0.15, 0.2) is 0 Å². The third-order valence-electron chi connectivity index (χ3n) is 4.91. The molecule has 4 rings (SSSR count). The van der Waals surface area contributed by atoms with Crippen molar-refractivity contribution in [2.75, 3.05) is 18.2 Å². The van der Waals surface area contributed by atoms with Gasteiger partial charge in [-0.05, 0) is 30.7 Å². The first-order valence-corrected chi connectivity index (χ1v) is 12.3. The lowest BCUT2D eigenvalue weighted by atomic mass is 9.99. The number of aryl methyl sites for hydroxylation is 1. The Balaban J connectivity index is 1.62. The van der Waals surface area contributed by atoms with Gasteiger partial charge in [-0.1, -0.05) is 53.8 Å². The normalized spacial score (nSPS) is 10.5. The lowest BCUT2D eigenvalue weighted by molar-refractivity contribution is -0.115. The standard InChI is InChI=1S/C25H21N5O2S2/c1-16-29-30-25(34-16)28-23(31)12-13-33-24-21(15-26)20(17-8-10-19(32-2)11-9-17)14-22(27-24)18-6-4-3-5-7-18/h3-11,14H,12-13H2,1-2H3,(H,28,30,31). The van der Waals surface area contributed by atoms with E-state index in [4.69, 9.17) is 9.72 Å². The van der Waals surface area contributed by atoms with Crippen molar-refractivity contribution >= 4 is 34.1 Å². The number of ether oxygens (including phenoxy) is 1. The first-order valence-electron chi connectivity index (χ1n) is 10.4. The molecule has 0 unspecified atom stereocenters. The highest BCUT2D eigenvalue weighted by Gasteiger charge is 2.17. The van der Waals surface area contributed by atoms with Crippen molar-refractivity contribution in [3.63, 3.8) is 0 Å². The summed E-state index contributed by atoms with van der Waals surface area (Å²) in [5.41, 5.74) is 3.88. The van der Waals surface area contributed by atoms with E-state index in [2.05, 4.69) is 21.6 Å². The number of amides is 1. The van der Waals surface area contributed by atoms with E-state index in [1.165, 1.54) is 23.1 Å². The van der Waals surface area contributed by atoms with Gasteiger partial charge < -0.3 is 10.1 Å². The van der Waals surface area contributed by atoms with Gasteiger partial charge in [0.25, 0.3) is 0 Å². The minimum Gasteiger partial charge on any atom is -0.497 e. The van der Waals surface area contributed by atoms with E-state index in [0.717, 1.165) is 33.1 Å². The highest BCUT2D eigenvalue weighted by atomic mass is 32.2. The summed E-state index contributed by atoms with van der Waals surface area (Å²) in [6.07, 6.45) is 0.253. The fourth-order valence-electron chi connectivity index (χ4n) is 3.26. The van der Waals surface area contributed by atoms with Crippen molar-refractivity contribution in [2.24, 2.45) is 0 Å². The molecule has 2 aromatic heterocycles. The summed E-state index contributed by atoms with van der Waals surface area (Å²) < 4.78 is 5.27. The Bertz CT molecular complexity index is 1330. The van der Waals surface area contributed by atoms with Gasteiger partial charge in [0.05, 0.1) is 18.4 Å². The molecule has 170 valence electrons. The molecule has 0 fully saturated rings. The van der Waals surface area contributed by atoms with Gasteiger partial charge in [-0.15, -0.1) is 22.0 Å². The average Bonchev–Trinajstić information content (AvgIpc) is 3.28. The molecule has 7 nitrogen and oxygen atoms in total. The van der Waals surface area contributed by atoms with Crippen LogP contribution < -0.4 is 10.1 Å². The van der Waals surface area contributed by atoms with Gasteiger partial charge in [-0.25, -0.2) is 4.98 Å². The fraction of sp³-hybridized carbons (Fsp3) is 0.160. The fourth-order valence-corrected chi connectivity index (χ4v) is 4.81. The summed E-state index contributed by atoms with van der Waals surface area (Å²) in [6, 6.07) is 21.7. The number of carbonyl (C=O) groups excluding carboxylic acids is 1. The number of pyridine rings is 1. The molecular formula is C25H21N5O2S2. The second-order valence-electron chi connectivity index (χ2n) is 7.21. The van der Waals surface area contributed by atoms with Crippen LogP contribution in [0.15, 0.2) is 65.7 Å². The molecule has 1 amide bonds. The SMILES string of the molecule is COc1ccc(-c2cc(-c3ccccc3)nc(SCCC(=O)Nc3nnc(C)s3)c2C#N)cc1. The van der Waals surface area contributed by atoms with E-state index in [1.54, 1.807) is 7.11 Å². The van der Waals surface area contributed by atoms with Crippen LogP contribution in [0.25, 0.3) is 22.4 Å². The summed E-state index contributed by atoms with van der Waals surface area (Å²) in [4.78, 5) is 17.1. The van der Waals surface area contributed by atoms with E-state index >= 15 is 0 Å². The zero-order chi connectivity index (χ0) is 23.9. The van der Waals surface area contributed by atoms with Crippen LogP contribution in [0.3, 0.4) is 0 Å². The van der Waals surface area contributed by atoms with Crippen molar-refractivity contribution in [1.29, 1.82) is 5.26 Å². The molecule has 2 aromatic carbocycles. The van der Waals surface area contributed by atoms with Crippen LogP contribution in [0.5, 0.6) is 5.75 Å². The third-order valence-corrected chi connectivity index (χ3v) is 6.64. The Morgan fingerprint density at radius 2 is 1.88 bits per heavy atom. The monoisotopic (exact) mass is 487 g/mol. The van der Waals surface area contributed by atoms with Gasteiger partial charge >= 0.3 is 0 Å². The Hall–Kier alpha value is -3.74. The van der Waals surface area contributed by atoms with Gasteiger partial charge in [-0.3, -0.25) is 4.79 Å². The molecule has 0 atom stereocenters. The van der Waals surface area contributed by atoms with Crippen molar-refractivity contribution in [3.8, 4) is 34.2 Å². The van der Waals surface area contributed by atoms with Gasteiger partial charge in [0.2, 0.25) is 11.0 Å². The third kappa shape index (κ3) is 5.60. The van der Waals surface area contributed by atoms with Crippen LogP contribution in [-0.2, 0) is 4.79 Å². The molecule has 0 saturated carbocycles. The maximum absolute atomic E-state index is 12.3. The largest absolute Gasteiger partial charge is 0.497 e. The summed E-state index contributed by atoms with van der Waals surface area (Å²) in [5, 5.41) is 22.4. The molecular weight excluding hydrogens is 466 g/mol. The smallest absolute Gasteiger partial charge is 0.227 e. The lowest BCUT2D eigenvalue weighted by Crippen LogP contribution is -2.12. The Kier molecular flexibility index (Phi) is 7.52. The molecule has 9 heteroatoms. The number of benzene rings is 2. The quantitative estimate of drug-likeness (QED) is 0.324. The number of nitrogens with zero attached hydrogens (tertiary/aromatic N) is 4. The second kappa shape index (κ2) is 10.9. The number of anilines is 1. The Morgan fingerprint density at radius 1 is 1.12 bits per heavy atom. The van der Waals surface area contributed by atoms with Crippen LogP contribution in [0.1, 0.15) is 17.0 Å². The average molecular weight is 488 g/mol. The van der Waals surface area contributed by atoms with Gasteiger partial charge in [0.1, 0.15) is 21.9 Å². The molecule has 1 N–H and O–H groups in total. The lowest BCUT2D eigenvalue weighted by Gasteiger charge is -2.13. The molecule has 2 heterocycles. The molecule has 34 heavy (non-hydrogen) atoms. The second-order valence-corrected chi connectivity index (χ2v) is 9.48. The highest BCUT2D eigenvalue weighted by molar-refractivity contribution is 7.99. The number of aromatic nitrogens is 3. The minimum atomic E-state index is -0.156. The minimum absolute atomic E-state index is 0.156. The number of thioether (sulfide) groups is 1. The zero-order valence-electron chi connectivity index (χ0n) is 18.6. The molecule has 0 spiro atoms. The number of hydrogen-bond acceptors (Lipinski definition) is 8. The number of methoxy groups -OCH3 is 1. The topological polar surface area (TPSA) is 101 Å². The molecule has 0 aliphatic heterocycles. The molecule has 0 aliphatic carbocycles. The molecule has 0 saturated heterocycles. The summed E-state index contributed by atoms with van der Waals surface area (Å²) in [7, 11) is 1.62. The zero-order valence-corrected chi connectivity index (χ0v) is 20.2. The number of carbonyl (C=O) groups is 1. The van der Waals surface area contributed by atoms with Gasteiger partial charge in [-0.2, -0.15) is 5.26 Å². The van der Waals surface area contributed by atoms with E-state index < -0.39 is 0 Å². The van der Waals surface area contributed by atoms with E-state index in [1.807, 2.05) is 67.6 Å². The van der Waals surface area contributed by atoms with Crippen LogP contribution in [0.2, 0.25) is 0 Å². The summed E-state index contributed by atoms with van der Waals surface area (Å²) >= 11 is 2.72. The van der Waals surface area contributed by atoms with Crippen LogP contribution in [0.4, 0.5) is 5.13 Å². The maximum Gasteiger partial charge on any atom is 0.227 e. The van der Waals surface area contributed by atoms with Crippen molar-refractivity contribution in [1.82, 2.24) is 15.2 Å². The first-order chi connectivity index (χ1) is 16.6. The molecule has 0 aliphatic rings. The predicted octanol–water partition coefficient (Wildman–Crippen LogP) is 5.58. The predicted molar refractivity (Wildman–Crippen MR) is 135 cm³/mol. The number of hydrogen-bond donors (Lipinski definition) is 1. The number of nitrogens with one attached hydrogen (secondary N) is 1. The number of rotatable bonds is 8. The van der Waals surface area contributed by atoms with Crippen LogP contribution >= 0.6 is 23.1 Å². The number of nitriles is 1. The summed E-state index contributed by atoms with van der Waals surface area (Å²) in [6.45, 7) is 1.83. The van der Waals surface area contributed by atoms with Gasteiger partial charge in [0, 0.05) is 23.3 Å². The molecule has 4 aromatic rings. The maximum atomic E-state index is 12.3.